The van der Waals surface area contributed by atoms with Gasteiger partial charge in [0.05, 0.1) is 44.5 Å². The lowest BCUT2D eigenvalue weighted by atomic mass is 9.89. The molecule has 2 saturated heterocycles. The van der Waals surface area contributed by atoms with Crippen LogP contribution in [0.1, 0.15) is 130 Å². The van der Waals surface area contributed by atoms with Gasteiger partial charge >= 0.3 is 0 Å². The minimum atomic E-state index is -2.22. The number of carbonyl (C=O) groups is 9. The standard InChI is InChI=1S/C74H105N9O12/c1-48(2)39-58(77-71(91)62(43-54-27-19-13-20-28-54)81-70(90)61(42-51(7)8)80-68(88)57(34-32-53-25-17-12-18-26-53)76-64(84)45-83-35-37-94-38-36-83)65(85)73(9,93)46-75-56(33-31-52-23-15-11-16-24-52)67(87)79-60(41-50(5)6)69(89)82-63(44-55-29-21-14-22-30-55)72(92)78-59(40-49(3)4)66(86)74(10)47-95-74/h11-30,48-51,56-63,75,93H,31-47H2,1-10H3,(H,76,84)(H,77,91)(H,78,92)(H,79,87)(H,80,88)(H,81,90)(H,82,89)/t56-,57-,58?,59?,60-,61?,62-,63-,73?,74?/m0/s1. The molecule has 0 bridgehead atoms. The molecule has 10 atom stereocenters. The summed E-state index contributed by atoms with van der Waals surface area (Å²) in [6.07, 6.45) is 2.09. The number of amides is 7. The van der Waals surface area contributed by atoms with E-state index in [-0.39, 0.29) is 93.5 Å². The van der Waals surface area contributed by atoms with Crippen LogP contribution in [0.25, 0.3) is 0 Å². The van der Waals surface area contributed by atoms with Crippen LogP contribution in [0.3, 0.4) is 0 Å². The van der Waals surface area contributed by atoms with Gasteiger partial charge in [-0.1, -0.05) is 177 Å². The smallest absolute Gasteiger partial charge is 0.243 e. The number of ketones is 2. The Morgan fingerprint density at radius 1 is 0.463 bits per heavy atom. The monoisotopic (exact) mass is 1310 g/mol. The van der Waals surface area contributed by atoms with Crippen molar-refractivity contribution < 1.29 is 57.7 Å². The second kappa shape index (κ2) is 37.6. The van der Waals surface area contributed by atoms with Crippen LogP contribution in [-0.2, 0) is 78.3 Å². The SMILES string of the molecule is CC(C)CC(NC(=O)[C@H](CCc1ccccc1)NC(=O)CN1CCOCC1)C(=O)N[C@@H](Cc1ccccc1)C(=O)NC(CC(C)C)C(=O)C(C)(O)CN[C@@H](CCc1ccccc1)C(=O)N[C@@H](CC(C)C)C(=O)N[C@@H](Cc1ccccc1)C(=O)NC(CC(C)C)C(=O)C1(C)CO1. The normalized spacial score (nSPS) is 18.0. The van der Waals surface area contributed by atoms with Crippen molar-refractivity contribution in [2.24, 2.45) is 23.7 Å². The van der Waals surface area contributed by atoms with E-state index in [2.05, 4.69) is 42.5 Å². The molecule has 5 unspecified atom stereocenters. The Kier molecular flexibility index (Phi) is 30.2. The van der Waals surface area contributed by atoms with Crippen LogP contribution in [0.15, 0.2) is 121 Å². The van der Waals surface area contributed by atoms with Crippen molar-refractivity contribution in [1.82, 2.24) is 47.4 Å². The van der Waals surface area contributed by atoms with Crippen molar-refractivity contribution in [1.29, 1.82) is 0 Å². The summed E-state index contributed by atoms with van der Waals surface area (Å²) in [6.45, 7) is 20.2. The highest BCUT2D eigenvalue weighted by Gasteiger charge is 2.50. The molecule has 6 rings (SSSR count). The zero-order chi connectivity index (χ0) is 69.2. The van der Waals surface area contributed by atoms with Gasteiger partial charge in [-0.15, -0.1) is 0 Å². The van der Waals surface area contributed by atoms with Crippen molar-refractivity contribution in [2.75, 3.05) is 46.0 Å². The highest BCUT2D eigenvalue weighted by molar-refractivity contribution is 6.00. The van der Waals surface area contributed by atoms with Crippen molar-refractivity contribution >= 4 is 52.9 Å². The number of morpholine rings is 1. The summed E-state index contributed by atoms with van der Waals surface area (Å²) in [4.78, 5) is 132. The number of Topliss-reactive ketones (excluding diaryl/α,β-unsaturated/α-hetero) is 2. The van der Waals surface area contributed by atoms with Crippen molar-refractivity contribution in [3.63, 3.8) is 0 Å². The highest BCUT2D eigenvalue weighted by Crippen LogP contribution is 2.30. The zero-order valence-corrected chi connectivity index (χ0v) is 57.4. The number of carbonyl (C=O) groups excluding carboxylic acids is 9. The van der Waals surface area contributed by atoms with E-state index in [0.29, 0.717) is 51.1 Å². The Morgan fingerprint density at radius 2 is 0.800 bits per heavy atom. The third-order valence-corrected chi connectivity index (χ3v) is 17.1. The number of aliphatic hydroxyl groups is 1. The number of aryl methyl sites for hydroxylation is 2. The van der Waals surface area contributed by atoms with Gasteiger partial charge in [-0.2, -0.15) is 0 Å². The van der Waals surface area contributed by atoms with E-state index in [1.165, 1.54) is 6.92 Å². The highest BCUT2D eigenvalue weighted by atomic mass is 16.6. The van der Waals surface area contributed by atoms with Crippen molar-refractivity contribution in [3.8, 4) is 0 Å². The molecule has 0 spiro atoms. The first-order valence-electron chi connectivity index (χ1n) is 33.9. The number of ether oxygens (including phenoxy) is 2. The minimum Gasteiger partial charge on any atom is -0.381 e. The first-order valence-corrected chi connectivity index (χ1v) is 33.9. The molecule has 4 aromatic carbocycles. The fraction of sp³-hybridized carbons (Fsp3) is 0.554. The maximum absolute atomic E-state index is 14.9. The van der Waals surface area contributed by atoms with Crippen LogP contribution in [0, 0.1) is 23.7 Å². The van der Waals surface area contributed by atoms with Crippen LogP contribution >= 0.6 is 0 Å². The lowest BCUT2D eigenvalue weighted by molar-refractivity contribution is -0.141. The predicted octanol–water partition coefficient (Wildman–Crippen LogP) is 5.28. The molecular formula is C74H105N9O12. The molecule has 0 aliphatic carbocycles. The van der Waals surface area contributed by atoms with Gasteiger partial charge in [0.1, 0.15) is 41.4 Å². The quantitative estimate of drug-likeness (QED) is 0.0256. The molecule has 0 aromatic heterocycles. The number of epoxide rings is 1. The third kappa shape index (κ3) is 26.1. The van der Waals surface area contributed by atoms with E-state index in [0.717, 1.165) is 16.7 Å². The maximum Gasteiger partial charge on any atom is 0.243 e. The molecule has 518 valence electrons. The summed E-state index contributed by atoms with van der Waals surface area (Å²) in [7, 11) is 0. The van der Waals surface area contributed by atoms with Gasteiger partial charge in [0, 0.05) is 32.5 Å². The molecule has 95 heavy (non-hydrogen) atoms. The zero-order valence-electron chi connectivity index (χ0n) is 57.4. The first kappa shape index (κ1) is 76.3. The van der Waals surface area contributed by atoms with E-state index >= 15 is 0 Å². The minimum absolute atomic E-state index is 0.0113. The fourth-order valence-corrected chi connectivity index (χ4v) is 11.7. The molecular weight excluding hydrogens is 1210 g/mol. The van der Waals surface area contributed by atoms with Crippen molar-refractivity contribution in [2.45, 2.75) is 193 Å². The summed E-state index contributed by atoms with van der Waals surface area (Å²) in [5.74, 6) is -5.50. The Labute approximate surface area is 561 Å². The molecule has 0 radical (unpaired) electrons. The lowest BCUT2D eigenvalue weighted by Crippen LogP contribution is -2.61. The molecule has 2 aliphatic rings. The van der Waals surface area contributed by atoms with E-state index < -0.39 is 107 Å². The van der Waals surface area contributed by atoms with E-state index in [9.17, 15) is 48.3 Å². The van der Waals surface area contributed by atoms with Gasteiger partial charge in [0.15, 0.2) is 11.6 Å². The Morgan fingerprint density at radius 3 is 1.22 bits per heavy atom. The van der Waals surface area contributed by atoms with Gasteiger partial charge in [0.2, 0.25) is 41.4 Å². The van der Waals surface area contributed by atoms with Gasteiger partial charge in [-0.05, 0) is 111 Å². The molecule has 2 fully saturated rings. The molecule has 7 amide bonds. The molecule has 21 heteroatoms. The Hall–Kier alpha value is -7.69. The summed E-state index contributed by atoms with van der Waals surface area (Å²) in [5, 5.41) is 35.9. The second-order valence-electron chi connectivity index (χ2n) is 27.8. The Bertz CT molecular complexity index is 3100. The molecule has 0 saturated carbocycles. The first-order chi connectivity index (χ1) is 45.2. The molecule has 2 aliphatic heterocycles. The van der Waals surface area contributed by atoms with Crippen LogP contribution in [0.4, 0.5) is 0 Å². The summed E-state index contributed by atoms with van der Waals surface area (Å²) >= 11 is 0. The van der Waals surface area contributed by atoms with Gasteiger partial charge < -0.3 is 57.1 Å². The summed E-state index contributed by atoms with van der Waals surface area (Å²) in [6, 6.07) is 28.1. The fourth-order valence-electron chi connectivity index (χ4n) is 11.7. The molecule has 9 N–H and O–H groups in total. The third-order valence-electron chi connectivity index (χ3n) is 17.1. The molecule has 21 nitrogen and oxygen atoms in total. The maximum atomic E-state index is 14.9. The van der Waals surface area contributed by atoms with Crippen LogP contribution in [0.5, 0.6) is 0 Å². The molecule has 4 aromatic rings. The van der Waals surface area contributed by atoms with Gasteiger partial charge in [-0.25, -0.2) is 0 Å². The average Bonchev–Trinajstić information content (AvgIpc) is 1.68. The van der Waals surface area contributed by atoms with Gasteiger partial charge in [0.25, 0.3) is 0 Å². The van der Waals surface area contributed by atoms with Crippen LogP contribution < -0.4 is 42.5 Å². The van der Waals surface area contributed by atoms with Crippen LogP contribution in [0.2, 0.25) is 0 Å². The number of benzene rings is 4. The second-order valence-corrected chi connectivity index (χ2v) is 27.8. The number of hydrogen-bond acceptors (Lipinski definition) is 14. The topological polar surface area (TPSA) is 295 Å². The lowest BCUT2D eigenvalue weighted by Gasteiger charge is -2.32. The number of nitrogens with zero attached hydrogens (tertiary/aromatic N) is 1. The molecule has 2 heterocycles. The van der Waals surface area contributed by atoms with Gasteiger partial charge in [-0.3, -0.25) is 48.1 Å². The largest absolute Gasteiger partial charge is 0.381 e. The average molecular weight is 1310 g/mol. The number of nitrogens with one attached hydrogen (secondary N) is 8. The number of rotatable bonds is 40. The Balaban J connectivity index is 1.20. The number of hydrogen-bond donors (Lipinski definition) is 9. The summed E-state index contributed by atoms with van der Waals surface area (Å²) in [5.41, 5.74) is 0.0713. The van der Waals surface area contributed by atoms with E-state index in [1.807, 2.05) is 157 Å². The van der Waals surface area contributed by atoms with Crippen molar-refractivity contribution in [3.05, 3.63) is 144 Å². The predicted molar refractivity (Wildman–Crippen MR) is 365 cm³/mol. The summed E-state index contributed by atoms with van der Waals surface area (Å²) < 4.78 is 10.9. The van der Waals surface area contributed by atoms with Crippen LogP contribution in [-0.4, -0.2) is 168 Å². The van der Waals surface area contributed by atoms with E-state index in [4.69, 9.17) is 9.47 Å². The van der Waals surface area contributed by atoms with E-state index in [1.54, 1.807) is 31.2 Å².